The monoisotopic (exact) mass is 174 g/mol. The summed E-state index contributed by atoms with van der Waals surface area (Å²) in [4.78, 5) is 0. The maximum atomic E-state index is 12.0. The van der Waals surface area contributed by atoms with Crippen molar-refractivity contribution in [2.45, 2.75) is 12.8 Å². The zero-order valence-electron chi connectivity index (χ0n) is 5.80. The van der Waals surface area contributed by atoms with Gasteiger partial charge < -0.3 is 5.11 Å². The molecule has 0 aliphatic carbocycles. The Morgan fingerprint density at radius 2 is 1.91 bits per heavy atom. The zero-order valence-corrected chi connectivity index (χ0v) is 6.55. The van der Waals surface area contributed by atoms with Gasteiger partial charge in [0, 0.05) is 11.4 Å². The lowest BCUT2D eigenvalue weighted by molar-refractivity contribution is 0.0430. The van der Waals surface area contributed by atoms with Crippen molar-refractivity contribution in [2.24, 2.45) is 0 Å². The van der Waals surface area contributed by atoms with Crippen LogP contribution in [-0.2, 0) is 6.42 Å². The minimum atomic E-state index is -1.78. The van der Waals surface area contributed by atoms with E-state index in [4.69, 9.17) is 16.7 Å². The van der Waals surface area contributed by atoms with E-state index in [1.54, 1.807) is 24.3 Å². The predicted molar refractivity (Wildman–Crippen MR) is 42.3 cm³/mol. The van der Waals surface area contributed by atoms with Crippen molar-refractivity contribution in [1.82, 2.24) is 0 Å². The molecule has 0 aromatic heterocycles. The molecule has 1 aromatic rings. The minimum absolute atomic E-state index is 0.0250. The summed E-state index contributed by atoms with van der Waals surface area (Å²) in [5.41, 5.74) is 0.740. The number of hydrogen-bond donors (Lipinski definition) is 1. The smallest absolute Gasteiger partial charge is 0.200 e. The van der Waals surface area contributed by atoms with Gasteiger partial charge in [-0.1, -0.05) is 23.7 Å². The van der Waals surface area contributed by atoms with Gasteiger partial charge >= 0.3 is 0 Å². The molecule has 0 unspecified atom stereocenters. The Morgan fingerprint density at radius 1 is 1.36 bits per heavy atom. The van der Waals surface area contributed by atoms with Crippen molar-refractivity contribution in [1.29, 1.82) is 0 Å². The molecule has 60 valence electrons. The molecule has 0 radical (unpaired) electrons. The maximum absolute atomic E-state index is 12.0. The quantitative estimate of drug-likeness (QED) is 0.729. The highest BCUT2D eigenvalue weighted by Crippen LogP contribution is 2.11. The third-order valence-corrected chi connectivity index (χ3v) is 1.57. The summed E-state index contributed by atoms with van der Waals surface area (Å²) in [5, 5.41) is 8.99. The molecular weight excluding hydrogens is 167 g/mol. The predicted octanol–water partition coefficient (Wildman–Crippen LogP) is 2.17. The van der Waals surface area contributed by atoms with Crippen LogP contribution in [0.25, 0.3) is 0 Å². The van der Waals surface area contributed by atoms with E-state index >= 15 is 0 Å². The minimum Gasteiger partial charge on any atom is -0.364 e. The summed E-state index contributed by atoms with van der Waals surface area (Å²) in [6, 6.07) is 6.70. The van der Waals surface area contributed by atoms with Gasteiger partial charge in [-0.2, -0.15) is 0 Å². The first-order valence-electron chi connectivity index (χ1n) is 3.25. The Labute approximate surface area is 69.4 Å². The maximum Gasteiger partial charge on any atom is 0.200 e. The van der Waals surface area contributed by atoms with Crippen molar-refractivity contribution in [3.8, 4) is 0 Å². The highest BCUT2D eigenvalue weighted by atomic mass is 35.5. The molecule has 0 bridgehead atoms. The Balaban J connectivity index is 2.66. The molecule has 0 fully saturated rings. The van der Waals surface area contributed by atoms with Gasteiger partial charge in [-0.05, 0) is 17.7 Å². The van der Waals surface area contributed by atoms with Crippen molar-refractivity contribution in [3.05, 3.63) is 34.9 Å². The van der Waals surface area contributed by atoms with Crippen LogP contribution in [-0.4, -0.2) is 11.5 Å². The molecule has 0 heterocycles. The first kappa shape index (κ1) is 8.50. The molecule has 0 aliphatic rings. The van der Waals surface area contributed by atoms with Crippen molar-refractivity contribution in [2.75, 3.05) is 0 Å². The first-order valence-corrected chi connectivity index (χ1v) is 3.63. The Hall–Kier alpha value is -0.600. The summed E-state index contributed by atoms with van der Waals surface area (Å²) < 4.78 is 12.0. The average molecular weight is 175 g/mol. The van der Waals surface area contributed by atoms with Crippen LogP contribution >= 0.6 is 11.6 Å². The lowest BCUT2D eigenvalue weighted by Gasteiger charge is -2.00. The highest BCUT2D eigenvalue weighted by molar-refractivity contribution is 6.30. The number of alkyl halides is 1. The van der Waals surface area contributed by atoms with Crippen LogP contribution in [0.2, 0.25) is 5.02 Å². The SMILES string of the molecule is O[C@@H](F)Cc1ccc(Cl)cc1. The largest absolute Gasteiger partial charge is 0.364 e. The summed E-state index contributed by atoms with van der Waals surface area (Å²) in [6.07, 6.45) is -1.76. The fourth-order valence-corrected chi connectivity index (χ4v) is 0.941. The van der Waals surface area contributed by atoms with E-state index in [0.29, 0.717) is 5.02 Å². The molecule has 3 heteroatoms. The van der Waals surface area contributed by atoms with Crippen LogP contribution in [0, 0.1) is 0 Å². The van der Waals surface area contributed by atoms with Crippen molar-refractivity contribution >= 4 is 11.6 Å². The van der Waals surface area contributed by atoms with E-state index in [1.165, 1.54) is 0 Å². The molecule has 0 saturated carbocycles. The third-order valence-electron chi connectivity index (χ3n) is 1.32. The lowest BCUT2D eigenvalue weighted by Crippen LogP contribution is -2.01. The first-order chi connectivity index (χ1) is 5.18. The van der Waals surface area contributed by atoms with Gasteiger partial charge in [-0.3, -0.25) is 0 Å². The standard InChI is InChI=1S/C8H8ClFO/c9-7-3-1-6(2-4-7)5-8(10)11/h1-4,8,11H,5H2/t8-/m1/s1. The van der Waals surface area contributed by atoms with Gasteiger partial charge in [0.1, 0.15) is 0 Å². The molecule has 1 rings (SSSR count). The fourth-order valence-electron chi connectivity index (χ4n) is 0.815. The molecule has 1 aromatic carbocycles. The molecule has 1 N–H and O–H groups in total. The Kier molecular flexibility index (Phi) is 2.85. The van der Waals surface area contributed by atoms with E-state index in [0.717, 1.165) is 5.56 Å². The van der Waals surface area contributed by atoms with Gasteiger partial charge in [0.15, 0.2) is 6.36 Å². The Bertz CT molecular complexity index is 220. The fraction of sp³-hybridized carbons (Fsp3) is 0.250. The molecule has 0 spiro atoms. The number of rotatable bonds is 2. The molecular formula is C8H8ClFO. The number of hydrogen-bond acceptors (Lipinski definition) is 1. The van der Waals surface area contributed by atoms with E-state index in [2.05, 4.69) is 0 Å². The topological polar surface area (TPSA) is 20.2 Å². The van der Waals surface area contributed by atoms with E-state index in [9.17, 15) is 4.39 Å². The van der Waals surface area contributed by atoms with Gasteiger partial charge in [0.2, 0.25) is 0 Å². The van der Waals surface area contributed by atoms with Gasteiger partial charge in [-0.25, -0.2) is 4.39 Å². The highest BCUT2D eigenvalue weighted by Gasteiger charge is 2.00. The Morgan fingerprint density at radius 3 is 2.36 bits per heavy atom. The molecule has 0 saturated heterocycles. The molecule has 1 atom stereocenters. The van der Waals surface area contributed by atoms with Crippen molar-refractivity contribution < 1.29 is 9.50 Å². The van der Waals surface area contributed by atoms with Gasteiger partial charge in [0.05, 0.1) is 0 Å². The molecule has 11 heavy (non-hydrogen) atoms. The van der Waals surface area contributed by atoms with Gasteiger partial charge in [-0.15, -0.1) is 0 Å². The normalized spacial score (nSPS) is 13.0. The van der Waals surface area contributed by atoms with Crippen LogP contribution in [0.15, 0.2) is 24.3 Å². The summed E-state index contributed by atoms with van der Waals surface area (Å²) in [7, 11) is 0. The van der Waals surface area contributed by atoms with Crippen LogP contribution < -0.4 is 0 Å². The number of halogens is 2. The second-order valence-corrected chi connectivity index (χ2v) is 2.70. The van der Waals surface area contributed by atoms with E-state index in [-0.39, 0.29) is 6.42 Å². The third kappa shape index (κ3) is 2.87. The number of benzene rings is 1. The summed E-state index contributed by atoms with van der Waals surface area (Å²) in [6.45, 7) is 0. The number of aliphatic hydroxyl groups excluding tert-OH is 1. The van der Waals surface area contributed by atoms with Crippen LogP contribution in [0.3, 0.4) is 0 Å². The molecule has 0 aliphatic heterocycles. The van der Waals surface area contributed by atoms with Crippen LogP contribution in [0.4, 0.5) is 4.39 Å². The van der Waals surface area contributed by atoms with Crippen molar-refractivity contribution in [3.63, 3.8) is 0 Å². The molecule has 0 amide bonds. The number of aliphatic hydroxyl groups is 1. The van der Waals surface area contributed by atoms with Crippen LogP contribution in [0.5, 0.6) is 0 Å². The zero-order chi connectivity index (χ0) is 8.27. The summed E-state index contributed by atoms with van der Waals surface area (Å²) in [5.74, 6) is 0. The van der Waals surface area contributed by atoms with E-state index in [1.807, 2.05) is 0 Å². The van der Waals surface area contributed by atoms with Gasteiger partial charge in [0.25, 0.3) is 0 Å². The second-order valence-electron chi connectivity index (χ2n) is 2.27. The second kappa shape index (κ2) is 3.69. The summed E-state index contributed by atoms with van der Waals surface area (Å²) >= 11 is 5.59. The van der Waals surface area contributed by atoms with E-state index < -0.39 is 6.36 Å². The lowest BCUT2D eigenvalue weighted by atomic mass is 10.2. The molecule has 1 nitrogen and oxygen atoms in total. The average Bonchev–Trinajstić information content (AvgIpc) is 1.93. The van der Waals surface area contributed by atoms with Crippen LogP contribution in [0.1, 0.15) is 5.56 Å².